The van der Waals surface area contributed by atoms with Crippen LogP contribution in [0.3, 0.4) is 0 Å². The second kappa shape index (κ2) is 8.88. The molecule has 0 unspecified atom stereocenters. The number of carbonyl (C=O) groups excluding carboxylic acids is 2. The first-order valence-electron chi connectivity index (χ1n) is 10.7. The molecule has 2 N–H and O–H groups in total. The first-order chi connectivity index (χ1) is 15.1. The predicted molar refractivity (Wildman–Crippen MR) is 126 cm³/mol. The zero-order chi connectivity index (χ0) is 23.0. The van der Waals surface area contributed by atoms with Gasteiger partial charge in [-0.25, -0.2) is 8.42 Å². The highest BCUT2D eigenvalue weighted by molar-refractivity contribution is 8.01. The van der Waals surface area contributed by atoms with E-state index < -0.39 is 10.0 Å². The lowest BCUT2D eigenvalue weighted by Gasteiger charge is -2.34. The average Bonchev–Trinajstić information content (AvgIpc) is 2.74. The van der Waals surface area contributed by atoms with Gasteiger partial charge in [0.2, 0.25) is 15.9 Å². The number of anilines is 2. The van der Waals surface area contributed by atoms with Crippen LogP contribution in [-0.2, 0) is 14.8 Å². The minimum absolute atomic E-state index is 0.0886. The molecule has 2 aliphatic heterocycles. The van der Waals surface area contributed by atoms with E-state index >= 15 is 0 Å². The lowest BCUT2D eigenvalue weighted by molar-refractivity contribution is -0.115. The number of benzene rings is 2. The van der Waals surface area contributed by atoms with Gasteiger partial charge < -0.3 is 10.6 Å². The smallest absolute Gasteiger partial charge is 0.255 e. The van der Waals surface area contributed by atoms with Gasteiger partial charge in [-0.1, -0.05) is 13.8 Å². The second-order valence-corrected chi connectivity index (χ2v) is 12.0. The van der Waals surface area contributed by atoms with Crippen LogP contribution >= 0.6 is 11.8 Å². The van der Waals surface area contributed by atoms with Crippen molar-refractivity contribution in [2.75, 3.05) is 23.7 Å². The summed E-state index contributed by atoms with van der Waals surface area (Å²) in [5.41, 5.74) is 1.53. The van der Waals surface area contributed by atoms with E-state index in [-0.39, 0.29) is 22.0 Å². The number of nitrogens with zero attached hydrogens (tertiary/aromatic N) is 1. The highest BCUT2D eigenvalue weighted by Gasteiger charge is 2.31. The number of rotatable bonds is 4. The number of sulfonamides is 1. The number of thioether (sulfide) groups is 1. The summed E-state index contributed by atoms with van der Waals surface area (Å²) in [4.78, 5) is 25.7. The van der Waals surface area contributed by atoms with Crippen molar-refractivity contribution in [3.63, 3.8) is 0 Å². The largest absolute Gasteiger partial charge is 0.324 e. The van der Waals surface area contributed by atoms with Crippen molar-refractivity contribution in [3.05, 3.63) is 48.0 Å². The van der Waals surface area contributed by atoms with Crippen LogP contribution in [0.5, 0.6) is 0 Å². The van der Waals surface area contributed by atoms with Crippen molar-refractivity contribution in [1.29, 1.82) is 0 Å². The Morgan fingerprint density at radius 3 is 2.38 bits per heavy atom. The van der Waals surface area contributed by atoms with Crippen molar-refractivity contribution in [3.8, 4) is 0 Å². The fourth-order valence-corrected chi connectivity index (χ4v) is 6.82. The Balaban J connectivity index is 1.46. The van der Waals surface area contributed by atoms with Gasteiger partial charge in [-0.3, -0.25) is 9.59 Å². The second-order valence-electron chi connectivity index (χ2n) is 8.71. The fraction of sp³-hybridized carbons (Fsp3) is 0.391. The van der Waals surface area contributed by atoms with E-state index in [0.717, 1.165) is 11.3 Å². The topological polar surface area (TPSA) is 95.6 Å². The van der Waals surface area contributed by atoms with Gasteiger partial charge >= 0.3 is 0 Å². The number of piperidine rings is 1. The van der Waals surface area contributed by atoms with Gasteiger partial charge in [-0.2, -0.15) is 4.31 Å². The molecule has 7 nitrogen and oxygen atoms in total. The molecular formula is C23H27N3O4S2. The van der Waals surface area contributed by atoms with Crippen LogP contribution in [0, 0.1) is 11.8 Å². The molecule has 1 fully saturated rings. The summed E-state index contributed by atoms with van der Waals surface area (Å²) in [6, 6.07) is 11.4. The Hall–Kier alpha value is -2.36. The molecule has 2 heterocycles. The van der Waals surface area contributed by atoms with Crippen molar-refractivity contribution in [1.82, 2.24) is 4.31 Å². The minimum Gasteiger partial charge on any atom is -0.324 e. The zero-order valence-corrected chi connectivity index (χ0v) is 19.9. The highest BCUT2D eigenvalue weighted by Crippen LogP contribution is 2.36. The van der Waals surface area contributed by atoms with Crippen molar-refractivity contribution in [2.45, 2.75) is 42.2 Å². The molecule has 2 aliphatic rings. The maximum Gasteiger partial charge on any atom is 0.255 e. The van der Waals surface area contributed by atoms with Gasteiger partial charge in [-0.15, -0.1) is 11.8 Å². The lowest BCUT2D eigenvalue weighted by Crippen LogP contribution is -2.42. The maximum absolute atomic E-state index is 13.0. The number of nitrogens with one attached hydrogen (secondary N) is 2. The molecule has 170 valence electrons. The van der Waals surface area contributed by atoms with E-state index in [4.69, 9.17) is 0 Å². The monoisotopic (exact) mass is 473 g/mol. The first kappa shape index (κ1) is 22.8. The molecule has 2 amide bonds. The standard InChI is InChI=1S/C23H27N3O4S2/c1-14-10-15(2)13-26(12-14)32(29,30)19-7-5-18(6-8-19)24-23(28)17-4-9-21-20(11-17)25-22(27)16(3)31-21/h4-9,11,14-16H,10,12-13H2,1-3H3,(H,24,28)(H,25,27)/t14-,15-,16+/m1/s1. The minimum atomic E-state index is -3.57. The third-order valence-corrected chi connectivity index (χ3v) is 8.78. The normalized spacial score (nSPS) is 23.8. The molecule has 0 spiro atoms. The van der Waals surface area contributed by atoms with Gasteiger partial charge in [-0.05, 0) is 67.6 Å². The molecule has 2 aromatic carbocycles. The number of amides is 2. The predicted octanol–water partition coefficient (Wildman–Crippen LogP) is 4.04. The molecular weight excluding hydrogens is 446 g/mol. The quantitative estimate of drug-likeness (QED) is 0.699. The number of fused-ring (bicyclic) bond motifs is 1. The zero-order valence-electron chi connectivity index (χ0n) is 18.3. The van der Waals surface area contributed by atoms with Crippen LogP contribution in [0.25, 0.3) is 0 Å². The molecule has 3 atom stereocenters. The van der Waals surface area contributed by atoms with Gasteiger partial charge in [0.05, 0.1) is 15.8 Å². The summed E-state index contributed by atoms with van der Waals surface area (Å²) in [7, 11) is -3.57. The van der Waals surface area contributed by atoms with Gasteiger partial charge in [0.1, 0.15) is 0 Å². The fourth-order valence-electron chi connectivity index (χ4n) is 4.21. The van der Waals surface area contributed by atoms with Crippen LogP contribution in [0.1, 0.15) is 37.6 Å². The Labute approximate surface area is 193 Å². The van der Waals surface area contributed by atoms with Crippen LogP contribution in [0.15, 0.2) is 52.3 Å². The Bertz CT molecular complexity index is 1140. The summed E-state index contributed by atoms with van der Waals surface area (Å²) in [6.07, 6.45) is 1.03. The molecule has 2 aromatic rings. The number of hydrogen-bond acceptors (Lipinski definition) is 5. The van der Waals surface area contributed by atoms with E-state index in [2.05, 4.69) is 24.5 Å². The van der Waals surface area contributed by atoms with Crippen LogP contribution in [0.4, 0.5) is 11.4 Å². The van der Waals surface area contributed by atoms with Crippen LogP contribution in [-0.4, -0.2) is 42.9 Å². The summed E-state index contributed by atoms with van der Waals surface area (Å²) >= 11 is 1.46. The maximum atomic E-state index is 13.0. The third kappa shape index (κ3) is 4.69. The third-order valence-electron chi connectivity index (χ3n) is 5.76. The van der Waals surface area contributed by atoms with E-state index in [1.165, 1.54) is 23.9 Å². The molecule has 1 saturated heterocycles. The SMILES string of the molecule is C[C@@H]1C[C@@H](C)CN(S(=O)(=O)c2ccc(NC(=O)c3ccc4c(c3)NC(=O)[C@H](C)S4)cc2)C1. The summed E-state index contributed by atoms with van der Waals surface area (Å²) in [5.74, 6) is 0.236. The molecule has 4 rings (SSSR count). The molecule has 0 bridgehead atoms. The highest BCUT2D eigenvalue weighted by atomic mass is 32.2. The van der Waals surface area contributed by atoms with Gasteiger partial charge in [0.25, 0.3) is 5.91 Å². The average molecular weight is 474 g/mol. The van der Waals surface area contributed by atoms with Crippen molar-refractivity contribution >= 4 is 45.0 Å². The molecule has 0 saturated carbocycles. The van der Waals surface area contributed by atoms with Gasteiger partial charge in [0.15, 0.2) is 0 Å². The Morgan fingerprint density at radius 2 is 1.72 bits per heavy atom. The Morgan fingerprint density at radius 1 is 1.06 bits per heavy atom. The summed E-state index contributed by atoms with van der Waals surface area (Å²) in [5, 5.41) is 5.44. The molecule has 0 radical (unpaired) electrons. The Kier molecular flexibility index (Phi) is 6.33. The van der Waals surface area contributed by atoms with Crippen LogP contribution in [0.2, 0.25) is 0 Å². The number of hydrogen-bond donors (Lipinski definition) is 2. The molecule has 0 aromatic heterocycles. The van der Waals surface area contributed by atoms with E-state index in [9.17, 15) is 18.0 Å². The van der Waals surface area contributed by atoms with Gasteiger partial charge in [0, 0.05) is 29.2 Å². The van der Waals surface area contributed by atoms with E-state index in [0.29, 0.717) is 41.9 Å². The summed E-state index contributed by atoms with van der Waals surface area (Å²) in [6.45, 7) is 7.03. The summed E-state index contributed by atoms with van der Waals surface area (Å²) < 4.78 is 27.6. The first-order valence-corrected chi connectivity index (χ1v) is 13.0. The van der Waals surface area contributed by atoms with E-state index in [1.807, 2.05) is 13.0 Å². The van der Waals surface area contributed by atoms with Crippen molar-refractivity contribution in [2.24, 2.45) is 11.8 Å². The number of carbonyl (C=O) groups is 2. The van der Waals surface area contributed by atoms with Crippen LogP contribution < -0.4 is 10.6 Å². The molecule has 0 aliphatic carbocycles. The van der Waals surface area contributed by atoms with E-state index in [1.54, 1.807) is 28.6 Å². The van der Waals surface area contributed by atoms with Crippen molar-refractivity contribution < 1.29 is 18.0 Å². The molecule has 9 heteroatoms. The lowest BCUT2D eigenvalue weighted by atomic mass is 9.94. The molecule has 32 heavy (non-hydrogen) atoms.